The third kappa shape index (κ3) is 2.92. The number of nitrogens with zero attached hydrogens (tertiary/aromatic N) is 3. The van der Waals surface area contributed by atoms with Crippen LogP contribution in [0.3, 0.4) is 0 Å². The summed E-state index contributed by atoms with van der Waals surface area (Å²) in [6, 6.07) is 0.398. The van der Waals surface area contributed by atoms with Gasteiger partial charge < -0.3 is 15.0 Å². The Morgan fingerprint density at radius 3 is 3.06 bits per heavy atom. The highest BCUT2D eigenvalue weighted by molar-refractivity contribution is 9.10. The molecule has 1 unspecified atom stereocenters. The minimum absolute atomic E-state index is 0.398. The molecule has 6 heteroatoms. The van der Waals surface area contributed by atoms with Gasteiger partial charge in [0.05, 0.1) is 12.6 Å². The fourth-order valence-corrected chi connectivity index (χ4v) is 2.60. The Morgan fingerprint density at radius 2 is 2.39 bits per heavy atom. The Bertz CT molecular complexity index is 396. The highest BCUT2D eigenvalue weighted by Crippen LogP contribution is 2.30. The normalized spacial score (nSPS) is 18.9. The van der Waals surface area contributed by atoms with E-state index in [1.165, 1.54) is 0 Å². The van der Waals surface area contributed by atoms with Crippen LogP contribution in [-0.2, 0) is 4.74 Å². The second kappa shape index (κ2) is 6.33. The summed E-state index contributed by atoms with van der Waals surface area (Å²) in [5.41, 5.74) is 0. The minimum Gasteiger partial charge on any atom is -0.379 e. The van der Waals surface area contributed by atoms with Gasteiger partial charge in [-0.3, -0.25) is 0 Å². The molecule has 0 saturated carbocycles. The fraction of sp³-hybridized carbons (Fsp3) is 0.667. The molecule has 0 amide bonds. The maximum atomic E-state index is 5.42. The number of aromatic nitrogens is 2. The van der Waals surface area contributed by atoms with Crippen LogP contribution in [-0.4, -0.2) is 42.8 Å². The predicted molar refractivity (Wildman–Crippen MR) is 76.1 cm³/mol. The lowest BCUT2D eigenvalue weighted by Gasteiger charge is -2.25. The topological polar surface area (TPSA) is 50.3 Å². The molecule has 100 valence electrons. The molecule has 1 aliphatic heterocycles. The van der Waals surface area contributed by atoms with Crippen LogP contribution in [0.25, 0.3) is 0 Å². The Kier molecular flexibility index (Phi) is 4.77. The molecule has 1 saturated heterocycles. The van der Waals surface area contributed by atoms with Crippen molar-refractivity contribution < 1.29 is 4.74 Å². The number of likely N-dealkylation sites (N-methyl/N-ethyl adjacent to an activating group) is 1. The molecular formula is C12H19BrN4O. The van der Waals surface area contributed by atoms with Gasteiger partial charge in [-0.05, 0) is 28.8 Å². The molecule has 2 heterocycles. The Balaban J connectivity index is 2.16. The van der Waals surface area contributed by atoms with E-state index in [0.29, 0.717) is 6.04 Å². The number of anilines is 2. The van der Waals surface area contributed by atoms with Crippen LogP contribution in [0, 0.1) is 0 Å². The summed E-state index contributed by atoms with van der Waals surface area (Å²) in [5.74, 6) is 1.77. The van der Waals surface area contributed by atoms with Gasteiger partial charge in [0.1, 0.15) is 22.4 Å². The minimum atomic E-state index is 0.398. The maximum Gasteiger partial charge on any atom is 0.148 e. The standard InChI is InChI=1S/C12H19BrN4O/c1-3-5-14-11-10(13)12(16-8-15-11)17(2)9-4-6-18-7-9/h8-9H,3-7H2,1-2H3,(H,14,15,16). The van der Waals surface area contributed by atoms with E-state index < -0.39 is 0 Å². The van der Waals surface area contributed by atoms with Crippen LogP contribution in [0.5, 0.6) is 0 Å². The Hall–Kier alpha value is -0.880. The molecule has 1 atom stereocenters. The molecule has 1 fully saturated rings. The zero-order valence-electron chi connectivity index (χ0n) is 10.8. The monoisotopic (exact) mass is 314 g/mol. The van der Waals surface area contributed by atoms with E-state index in [-0.39, 0.29) is 0 Å². The second-order valence-corrected chi connectivity index (χ2v) is 5.21. The average Bonchev–Trinajstić information content (AvgIpc) is 2.91. The molecule has 18 heavy (non-hydrogen) atoms. The quantitative estimate of drug-likeness (QED) is 0.903. The van der Waals surface area contributed by atoms with Crippen LogP contribution >= 0.6 is 15.9 Å². The number of rotatable bonds is 5. The van der Waals surface area contributed by atoms with Crippen molar-refractivity contribution in [1.82, 2.24) is 9.97 Å². The Labute approximate surface area is 116 Å². The summed E-state index contributed by atoms with van der Waals surface area (Å²) >= 11 is 3.59. The van der Waals surface area contributed by atoms with Gasteiger partial charge in [0, 0.05) is 20.2 Å². The SMILES string of the molecule is CCCNc1ncnc(N(C)C2CCOC2)c1Br. The van der Waals surface area contributed by atoms with E-state index in [1.54, 1.807) is 6.33 Å². The number of hydrogen-bond acceptors (Lipinski definition) is 5. The molecule has 1 N–H and O–H groups in total. The highest BCUT2D eigenvalue weighted by atomic mass is 79.9. The molecular weight excluding hydrogens is 296 g/mol. The molecule has 1 aromatic heterocycles. The summed E-state index contributed by atoms with van der Waals surface area (Å²) in [7, 11) is 2.05. The van der Waals surface area contributed by atoms with Gasteiger partial charge in [0.25, 0.3) is 0 Å². The van der Waals surface area contributed by atoms with Crippen LogP contribution in [0.15, 0.2) is 10.8 Å². The lowest BCUT2D eigenvalue weighted by molar-refractivity contribution is 0.193. The van der Waals surface area contributed by atoms with Crippen LogP contribution in [0.1, 0.15) is 19.8 Å². The van der Waals surface area contributed by atoms with Crippen LogP contribution in [0.4, 0.5) is 11.6 Å². The van der Waals surface area contributed by atoms with Gasteiger partial charge in [-0.2, -0.15) is 0 Å². The summed E-state index contributed by atoms with van der Waals surface area (Å²) in [6.45, 7) is 4.64. The fourth-order valence-electron chi connectivity index (χ4n) is 1.97. The third-order valence-corrected chi connectivity index (χ3v) is 3.83. The van der Waals surface area contributed by atoms with Gasteiger partial charge in [-0.25, -0.2) is 9.97 Å². The van der Waals surface area contributed by atoms with Gasteiger partial charge in [-0.15, -0.1) is 0 Å². The van der Waals surface area contributed by atoms with Crippen LogP contribution in [0.2, 0.25) is 0 Å². The molecule has 0 aromatic carbocycles. The number of nitrogens with one attached hydrogen (secondary N) is 1. The van der Waals surface area contributed by atoms with Crippen LogP contribution < -0.4 is 10.2 Å². The molecule has 1 aliphatic rings. The van der Waals surface area contributed by atoms with E-state index in [1.807, 2.05) is 0 Å². The number of halogens is 1. The van der Waals surface area contributed by atoms with Crippen molar-refractivity contribution in [2.24, 2.45) is 0 Å². The summed E-state index contributed by atoms with van der Waals surface area (Å²) < 4.78 is 6.34. The number of ether oxygens (including phenoxy) is 1. The first-order chi connectivity index (χ1) is 8.74. The van der Waals surface area contributed by atoms with E-state index >= 15 is 0 Å². The summed E-state index contributed by atoms with van der Waals surface area (Å²) in [5, 5.41) is 3.29. The number of hydrogen-bond donors (Lipinski definition) is 1. The summed E-state index contributed by atoms with van der Waals surface area (Å²) in [6.07, 6.45) is 3.72. The van der Waals surface area contributed by atoms with E-state index in [4.69, 9.17) is 4.74 Å². The molecule has 0 radical (unpaired) electrons. The molecule has 1 aromatic rings. The average molecular weight is 315 g/mol. The zero-order chi connectivity index (χ0) is 13.0. The first kappa shape index (κ1) is 13.5. The van der Waals surface area contributed by atoms with Crippen molar-refractivity contribution >= 4 is 27.6 Å². The van der Waals surface area contributed by atoms with Gasteiger partial charge in [-0.1, -0.05) is 6.92 Å². The summed E-state index contributed by atoms with van der Waals surface area (Å²) in [4.78, 5) is 10.8. The maximum absolute atomic E-state index is 5.42. The predicted octanol–water partition coefficient (Wildman–Crippen LogP) is 2.29. The molecule has 5 nitrogen and oxygen atoms in total. The van der Waals surface area contributed by atoms with Crippen molar-refractivity contribution in [1.29, 1.82) is 0 Å². The van der Waals surface area contributed by atoms with E-state index in [0.717, 1.165) is 48.7 Å². The van der Waals surface area contributed by atoms with E-state index in [2.05, 4.69) is 50.1 Å². The lowest BCUT2D eigenvalue weighted by Crippen LogP contribution is -2.32. The molecule has 2 rings (SSSR count). The second-order valence-electron chi connectivity index (χ2n) is 4.41. The van der Waals surface area contributed by atoms with E-state index in [9.17, 15) is 0 Å². The van der Waals surface area contributed by atoms with Crippen molar-refractivity contribution in [3.05, 3.63) is 10.8 Å². The molecule has 0 bridgehead atoms. The first-order valence-electron chi connectivity index (χ1n) is 6.29. The highest BCUT2D eigenvalue weighted by Gasteiger charge is 2.23. The van der Waals surface area contributed by atoms with Gasteiger partial charge in [0.15, 0.2) is 0 Å². The lowest BCUT2D eigenvalue weighted by atomic mass is 10.2. The zero-order valence-corrected chi connectivity index (χ0v) is 12.4. The first-order valence-corrected chi connectivity index (χ1v) is 7.08. The smallest absolute Gasteiger partial charge is 0.148 e. The molecule has 0 spiro atoms. The third-order valence-electron chi connectivity index (χ3n) is 3.10. The van der Waals surface area contributed by atoms with Crippen molar-refractivity contribution in [3.8, 4) is 0 Å². The Morgan fingerprint density at radius 1 is 1.56 bits per heavy atom. The van der Waals surface area contributed by atoms with Crippen molar-refractivity contribution in [3.63, 3.8) is 0 Å². The van der Waals surface area contributed by atoms with Gasteiger partial charge >= 0.3 is 0 Å². The van der Waals surface area contributed by atoms with Crippen molar-refractivity contribution in [2.45, 2.75) is 25.8 Å². The molecule has 0 aliphatic carbocycles. The largest absolute Gasteiger partial charge is 0.379 e. The van der Waals surface area contributed by atoms with Gasteiger partial charge in [0.2, 0.25) is 0 Å². The van der Waals surface area contributed by atoms with Crippen molar-refractivity contribution in [2.75, 3.05) is 37.0 Å².